The summed E-state index contributed by atoms with van der Waals surface area (Å²) in [5, 5.41) is 11.1. The lowest BCUT2D eigenvalue weighted by molar-refractivity contribution is 0.0254. The summed E-state index contributed by atoms with van der Waals surface area (Å²) in [6, 6.07) is 29.9. The number of hydrogen-bond donors (Lipinski definition) is 0. The van der Waals surface area contributed by atoms with E-state index in [1.807, 2.05) is 30.5 Å². The Morgan fingerprint density at radius 2 is 1.59 bits per heavy atom. The van der Waals surface area contributed by atoms with Crippen molar-refractivity contribution in [1.29, 1.82) is 5.26 Å². The molecule has 4 heterocycles. The van der Waals surface area contributed by atoms with Crippen LogP contribution in [0.3, 0.4) is 0 Å². The lowest BCUT2D eigenvalue weighted by Crippen LogP contribution is -2.36. The topological polar surface area (TPSA) is 72.5 Å². The first-order chi connectivity index (χ1) is 21.7. The zero-order valence-corrected chi connectivity index (χ0v) is 25.6. The van der Waals surface area contributed by atoms with E-state index in [0.29, 0.717) is 24.5 Å². The summed E-state index contributed by atoms with van der Waals surface area (Å²) in [5.74, 6) is 0.627. The molecule has 0 saturated carbocycles. The summed E-state index contributed by atoms with van der Waals surface area (Å²) in [5.41, 5.74) is 8.01. The highest BCUT2D eigenvalue weighted by atomic mass is 32.2. The largest absolute Gasteiger partial charge is 0.489 e. The maximum Gasteiger partial charge on any atom is 0.151 e. The number of nitrogens with zero attached hydrogens (tertiary/aromatic N) is 4. The fourth-order valence-electron chi connectivity index (χ4n) is 5.85. The third kappa shape index (κ3) is 5.91. The Hall–Kier alpha value is -4.29. The first-order valence-electron chi connectivity index (χ1n) is 15.1. The third-order valence-electron chi connectivity index (χ3n) is 8.29. The van der Waals surface area contributed by atoms with E-state index in [9.17, 15) is 5.26 Å². The molecule has 0 atom stereocenters. The van der Waals surface area contributed by atoms with Crippen molar-refractivity contribution in [3.8, 4) is 34.2 Å². The molecule has 0 spiro atoms. The van der Waals surface area contributed by atoms with Gasteiger partial charge in [0, 0.05) is 48.1 Å². The highest BCUT2D eigenvalue weighted by Gasteiger charge is 2.20. The van der Waals surface area contributed by atoms with Crippen LogP contribution in [0.1, 0.15) is 24.0 Å². The van der Waals surface area contributed by atoms with Crippen molar-refractivity contribution < 1.29 is 14.2 Å². The molecule has 7 nitrogen and oxygen atoms in total. The molecule has 2 aliphatic heterocycles. The zero-order chi connectivity index (χ0) is 29.9. The van der Waals surface area contributed by atoms with E-state index in [-0.39, 0.29) is 6.10 Å². The minimum atomic E-state index is 0.0688. The number of fused-ring (bicyclic) bond motifs is 1. The third-order valence-corrected chi connectivity index (χ3v) is 9.33. The summed E-state index contributed by atoms with van der Waals surface area (Å²) >= 11 is 1.66. The quantitative estimate of drug-likeness (QED) is 0.191. The van der Waals surface area contributed by atoms with Crippen LogP contribution in [-0.4, -0.2) is 54.6 Å². The van der Waals surface area contributed by atoms with Gasteiger partial charge in [0.15, 0.2) is 5.65 Å². The van der Waals surface area contributed by atoms with Crippen molar-refractivity contribution in [2.24, 2.45) is 0 Å². The number of benzene rings is 3. The molecule has 0 unspecified atom stereocenters. The number of hydrogen-bond acceptors (Lipinski definition) is 7. The second-order valence-corrected chi connectivity index (χ2v) is 12.2. The summed E-state index contributed by atoms with van der Waals surface area (Å²) in [6.45, 7) is 6.80. The normalized spacial score (nSPS) is 15.8. The number of aromatic nitrogens is 2. The van der Waals surface area contributed by atoms with E-state index in [1.54, 1.807) is 11.9 Å². The zero-order valence-electron chi connectivity index (χ0n) is 24.7. The Labute approximate surface area is 262 Å². The number of rotatable bonds is 7. The number of ether oxygens (including phenoxy) is 3. The standard InChI is InChI=1S/C36H34N4O3S/c1-25-2-9-31(10-3-25)44-40-34(26-4-7-29(8-5-26)39-16-20-42-21-17-39)23-33-32(12-15-38-36(33)40)27-6-11-35(28(22-27)24-37)43-30-13-18-41-19-14-30/h2-12,15,22-23,30H,13-14,16-21H2,1H3. The molecular weight excluding hydrogens is 568 g/mol. The van der Waals surface area contributed by atoms with Crippen LogP contribution in [0.15, 0.2) is 90.0 Å². The van der Waals surface area contributed by atoms with Crippen LogP contribution in [0.25, 0.3) is 33.4 Å². The van der Waals surface area contributed by atoms with Crippen LogP contribution in [0.4, 0.5) is 5.69 Å². The Morgan fingerprint density at radius 1 is 0.864 bits per heavy atom. The molecule has 2 aliphatic rings. The van der Waals surface area contributed by atoms with Crippen molar-refractivity contribution in [3.63, 3.8) is 0 Å². The van der Waals surface area contributed by atoms with Gasteiger partial charge in [-0.05, 0) is 84.1 Å². The molecule has 0 N–H and O–H groups in total. The molecule has 0 bridgehead atoms. The van der Waals surface area contributed by atoms with Gasteiger partial charge in [-0.1, -0.05) is 35.9 Å². The first-order valence-corrected chi connectivity index (χ1v) is 15.9. The van der Waals surface area contributed by atoms with Crippen LogP contribution < -0.4 is 9.64 Å². The van der Waals surface area contributed by atoms with E-state index >= 15 is 0 Å². The van der Waals surface area contributed by atoms with Gasteiger partial charge in [0.1, 0.15) is 17.9 Å². The monoisotopic (exact) mass is 602 g/mol. The number of morpholine rings is 1. The molecule has 44 heavy (non-hydrogen) atoms. The van der Waals surface area contributed by atoms with Gasteiger partial charge in [0.05, 0.1) is 37.7 Å². The van der Waals surface area contributed by atoms with E-state index < -0.39 is 0 Å². The maximum atomic E-state index is 10.0. The van der Waals surface area contributed by atoms with E-state index in [4.69, 9.17) is 19.2 Å². The Kier molecular flexibility index (Phi) is 8.25. The van der Waals surface area contributed by atoms with Gasteiger partial charge in [-0.15, -0.1) is 0 Å². The maximum absolute atomic E-state index is 10.0. The molecular formula is C36H34N4O3S. The first kappa shape index (κ1) is 28.5. The van der Waals surface area contributed by atoms with Gasteiger partial charge in [-0.2, -0.15) is 5.26 Å². The predicted molar refractivity (Wildman–Crippen MR) is 175 cm³/mol. The van der Waals surface area contributed by atoms with Crippen molar-refractivity contribution >= 4 is 28.7 Å². The fourth-order valence-corrected chi connectivity index (χ4v) is 6.81. The summed E-state index contributed by atoms with van der Waals surface area (Å²) in [4.78, 5) is 8.37. The molecule has 222 valence electrons. The van der Waals surface area contributed by atoms with Crippen LogP contribution in [0, 0.1) is 18.3 Å². The fraction of sp³-hybridized carbons (Fsp3) is 0.278. The Bertz CT molecular complexity index is 1800. The predicted octanol–water partition coefficient (Wildman–Crippen LogP) is 7.50. The van der Waals surface area contributed by atoms with E-state index in [2.05, 4.69) is 76.5 Å². The van der Waals surface area contributed by atoms with Gasteiger partial charge >= 0.3 is 0 Å². The highest BCUT2D eigenvalue weighted by molar-refractivity contribution is 7.98. The van der Waals surface area contributed by atoms with E-state index in [1.165, 1.54) is 11.3 Å². The summed E-state index contributed by atoms with van der Waals surface area (Å²) in [7, 11) is 0. The van der Waals surface area contributed by atoms with Gasteiger partial charge in [0.25, 0.3) is 0 Å². The molecule has 0 amide bonds. The SMILES string of the molecule is Cc1ccc(Sn2c(-c3ccc(N4CCOCC4)cc3)cc3c(-c4ccc(OC5CCOCC5)c(C#N)c4)ccnc32)cc1. The van der Waals surface area contributed by atoms with E-state index in [0.717, 1.165) is 77.5 Å². The van der Waals surface area contributed by atoms with Crippen LogP contribution in [0.2, 0.25) is 0 Å². The summed E-state index contributed by atoms with van der Waals surface area (Å²) < 4.78 is 19.5. The number of aryl methyl sites for hydroxylation is 1. The highest BCUT2D eigenvalue weighted by Crippen LogP contribution is 2.40. The number of anilines is 1. The lowest BCUT2D eigenvalue weighted by atomic mass is 10.0. The van der Waals surface area contributed by atoms with Crippen molar-refractivity contribution in [3.05, 3.63) is 96.2 Å². The average Bonchev–Trinajstić information content (AvgIpc) is 3.45. The molecule has 2 saturated heterocycles. The van der Waals surface area contributed by atoms with Gasteiger partial charge in [0.2, 0.25) is 0 Å². The van der Waals surface area contributed by atoms with Crippen LogP contribution in [-0.2, 0) is 9.47 Å². The molecule has 7 rings (SSSR count). The van der Waals surface area contributed by atoms with Crippen molar-refractivity contribution in [2.45, 2.75) is 30.8 Å². The number of pyridine rings is 1. The molecule has 3 aromatic carbocycles. The van der Waals surface area contributed by atoms with Gasteiger partial charge in [-0.25, -0.2) is 4.98 Å². The van der Waals surface area contributed by atoms with Gasteiger partial charge < -0.3 is 19.1 Å². The molecule has 2 aromatic heterocycles. The Morgan fingerprint density at radius 3 is 2.34 bits per heavy atom. The lowest BCUT2D eigenvalue weighted by Gasteiger charge is -2.28. The molecule has 8 heteroatoms. The van der Waals surface area contributed by atoms with Crippen LogP contribution >= 0.6 is 11.9 Å². The minimum absolute atomic E-state index is 0.0688. The second kappa shape index (κ2) is 12.7. The summed E-state index contributed by atoms with van der Waals surface area (Å²) in [6.07, 6.45) is 3.59. The van der Waals surface area contributed by atoms with Crippen molar-refractivity contribution in [2.75, 3.05) is 44.4 Å². The Balaban J connectivity index is 1.29. The minimum Gasteiger partial charge on any atom is -0.489 e. The molecule has 5 aromatic rings. The van der Waals surface area contributed by atoms with Crippen LogP contribution in [0.5, 0.6) is 5.75 Å². The smallest absolute Gasteiger partial charge is 0.151 e. The molecule has 2 fully saturated rings. The molecule has 0 aliphatic carbocycles. The van der Waals surface area contributed by atoms with Gasteiger partial charge in [-0.3, -0.25) is 3.97 Å². The molecule has 0 radical (unpaired) electrons. The van der Waals surface area contributed by atoms with Crippen molar-refractivity contribution in [1.82, 2.24) is 8.96 Å². The number of nitriles is 1. The average molecular weight is 603 g/mol. The second-order valence-electron chi connectivity index (χ2n) is 11.2.